The highest BCUT2D eigenvalue weighted by atomic mass is 79.9. The van der Waals surface area contributed by atoms with Crippen molar-refractivity contribution in [2.75, 3.05) is 10.6 Å². The van der Waals surface area contributed by atoms with Gasteiger partial charge >= 0.3 is 6.18 Å². The molecular weight excluding hydrogens is 556 g/mol. The number of alkyl halides is 3. The number of hydrogen-bond donors (Lipinski definition) is 2. The van der Waals surface area contributed by atoms with E-state index in [0.717, 1.165) is 9.15 Å². The number of rotatable bonds is 3. The maximum Gasteiger partial charge on any atom is 0.410 e. The van der Waals surface area contributed by atoms with E-state index in [1.807, 2.05) is 0 Å². The van der Waals surface area contributed by atoms with Gasteiger partial charge in [-0.1, -0.05) is 62.9 Å². The predicted octanol–water partition coefficient (Wildman–Crippen LogP) is 7.52. The summed E-state index contributed by atoms with van der Waals surface area (Å²) in [6.45, 7) is 0. The van der Waals surface area contributed by atoms with Gasteiger partial charge in [-0.3, -0.25) is 4.79 Å². The van der Waals surface area contributed by atoms with E-state index in [9.17, 15) is 18.0 Å². The smallest absolute Gasteiger partial charge is 0.362 e. The summed E-state index contributed by atoms with van der Waals surface area (Å²) in [5.74, 6) is -0.885. The second kappa shape index (κ2) is 8.78. The lowest BCUT2D eigenvalue weighted by atomic mass is 9.97. The Hall–Kier alpha value is -1.94. The maximum atomic E-state index is 13.9. The van der Waals surface area contributed by atoms with Crippen LogP contribution in [0.1, 0.15) is 34.6 Å². The van der Waals surface area contributed by atoms with Crippen LogP contribution in [0.15, 0.2) is 46.9 Å². The zero-order valence-electron chi connectivity index (χ0n) is 15.9. The molecule has 1 aromatic heterocycles. The summed E-state index contributed by atoms with van der Waals surface area (Å²) >= 11 is 21.5. The summed E-state index contributed by atoms with van der Waals surface area (Å²) in [6, 6.07) is 8.64. The quantitative estimate of drug-likeness (QED) is 0.344. The molecule has 2 unspecified atom stereocenters. The van der Waals surface area contributed by atoms with Crippen LogP contribution in [0.25, 0.3) is 0 Å². The molecule has 5 nitrogen and oxygen atoms in total. The molecular formula is C20H13BrCl3F3N4O. The van der Waals surface area contributed by atoms with E-state index in [2.05, 4.69) is 31.7 Å². The van der Waals surface area contributed by atoms with Gasteiger partial charge in [-0.05, 0) is 35.9 Å². The van der Waals surface area contributed by atoms with Gasteiger partial charge in [-0.2, -0.15) is 18.3 Å². The second-order valence-electron chi connectivity index (χ2n) is 7.08. The van der Waals surface area contributed by atoms with Gasteiger partial charge in [-0.15, -0.1) is 0 Å². The highest BCUT2D eigenvalue weighted by Crippen LogP contribution is 2.46. The van der Waals surface area contributed by atoms with Crippen molar-refractivity contribution in [3.8, 4) is 0 Å². The Morgan fingerprint density at radius 1 is 1.16 bits per heavy atom. The van der Waals surface area contributed by atoms with Gasteiger partial charge in [0.1, 0.15) is 10.8 Å². The van der Waals surface area contributed by atoms with Crippen LogP contribution in [-0.2, 0) is 0 Å². The minimum atomic E-state index is -4.60. The van der Waals surface area contributed by atoms with Crippen molar-refractivity contribution < 1.29 is 18.0 Å². The molecule has 0 radical (unpaired) electrons. The lowest BCUT2D eigenvalue weighted by Crippen LogP contribution is -2.35. The van der Waals surface area contributed by atoms with Crippen LogP contribution in [0.5, 0.6) is 0 Å². The van der Waals surface area contributed by atoms with E-state index in [0.29, 0.717) is 10.6 Å². The zero-order valence-corrected chi connectivity index (χ0v) is 19.7. The number of amides is 1. The summed E-state index contributed by atoms with van der Waals surface area (Å²) in [5, 5.41) is 9.69. The van der Waals surface area contributed by atoms with Crippen LogP contribution < -0.4 is 10.6 Å². The minimum Gasteiger partial charge on any atom is -0.362 e. The Bertz CT molecular complexity index is 1180. The first-order valence-corrected chi connectivity index (χ1v) is 11.1. The van der Waals surface area contributed by atoms with Crippen molar-refractivity contribution in [3.63, 3.8) is 0 Å². The fraction of sp³-hybridized carbons (Fsp3) is 0.200. The molecule has 12 heteroatoms. The number of nitrogens with zero attached hydrogens (tertiary/aromatic N) is 2. The third-order valence-electron chi connectivity index (χ3n) is 4.96. The molecule has 2 N–H and O–H groups in total. The molecule has 168 valence electrons. The molecule has 0 bridgehead atoms. The number of anilines is 2. The highest BCUT2D eigenvalue weighted by molar-refractivity contribution is 9.10. The standard InChI is InChI=1S/C20H13BrCl3F3N4O/c21-10-3-1-9(2-4-10)14-8-15(20(25,26)27)31-18(28-14)16(24)17(30-31)19(32)29-13-6-5-11(22)7-12(13)23/h1-7,14-15,28H,8H2,(H,29,32). The maximum absolute atomic E-state index is 13.9. The monoisotopic (exact) mass is 566 g/mol. The lowest BCUT2D eigenvalue weighted by Gasteiger charge is -2.33. The molecule has 0 spiro atoms. The van der Waals surface area contributed by atoms with E-state index in [4.69, 9.17) is 34.8 Å². The molecule has 2 aromatic carbocycles. The molecule has 0 saturated carbocycles. The first-order chi connectivity index (χ1) is 15.0. The van der Waals surface area contributed by atoms with E-state index < -0.39 is 24.2 Å². The van der Waals surface area contributed by atoms with Gasteiger partial charge in [0.2, 0.25) is 0 Å². The van der Waals surface area contributed by atoms with Crippen LogP contribution in [0, 0.1) is 0 Å². The van der Waals surface area contributed by atoms with Gasteiger partial charge in [0.25, 0.3) is 5.91 Å². The average Bonchev–Trinajstić information content (AvgIpc) is 3.06. The summed E-state index contributed by atoms with van der Waals surface area (Å²) in [5.41, 5.74) is 0.506. The summed E-state index contributed by atoms with van der Waals surface area (Å²) in [6.07, 6.45) is -4.92. The first kappa shape index (κ1) is 23.2. The molecule has 3 aromatic rings. The van der Waals surface area contributed by atoms with Crippen molar-refractivity contribution >= 4 is 68.1 Å². The Morgan fingerprint density at radius 2 is 1.84 bits per heavy atom. The highest BCUT2D eigenvalue weighted by Gasteiger charge is 2.47. The van der Waals surface area contributed by atoms with Crippen LogP contribution in [0.3, 0.4) is 0 Å². The molecule has 4 rings (SSSR count). The van der Waals surface area contributed by atoms with E-state index >= 15 is 0 Å². The number of nitrogens with one attached hydrogen (secondary N) is 2. The summed E-state index contributed by atoms with van der Waals surface area (Å²) in [7, 11) is 0. The molecule has 0 fully saturated rings. The van der Waals surface area contributed by atoms with Crippen LogP contribution in [0.2, 0.25) is 15.1 Å². The minimum absolute atomic E-state index is 0.0829. The fourth-order valence-corrected chi connectivity index (χ4v) is 4.41. The number of halogens is 7. The Morgan fingerprint density at radius 3 is 2.47 bits per heavy atom. The summed E-state index contributed by atoms with van der Waals surface area (Å²) in [4.78, 5) is 12.8. The van der Waals surface area contributed by atoms with E-state index in [-0.39, 0.29) is 33.7 Å². The van der Waals surface area contributed by atoms with Gasteiger partial charge in [0.15, 0.2) is 11.7 Å². The first-order valence-electron chi connectivity index (χ1n) is 9.17. The summed E-state index contributed by atoms with van der Waals surface area (Å²) < 4.78 is 43.2. The van der Waals surface area contributed by atoms with Crippen LogP contribution >= 0.6 is 50.7 Å². The van der Waals surface area contributed by atoms with Crippen LogP contribution in [-0.4, -0.2) is 21.9 Å². The van der Waals surface area contributed by atoms with Gasteiger partial charge in [-0.25, -0.2) is 4.68 Å². The number of benzene rings is 2. The third-order valence-corrected chi connectivity index (χ3v) is 6.40. The Kier molecular flexibility index (Phi) is 6.37. The van der Waals surface area contributed by atoms with E-state index in [1.165, 1.54) is 18.2 Å². The number of carbonyl (C=O) groups is 1. The fourth-order valence-electron chi connectivity index (χ4n) is 3.42. The van der Waals surface area contributed by atoms with Gasteiger partial charge in [0.05, 0.1) is 16.8 Å². The number of hydrogen-bond acceptors (Lipinski definition) is 3. The SMILES string of the molecule is O=C(Nc1ccc(Cl)cc1Cl)c1nn2c(c1Cl)NC(c1ccc(Br)cc1)CC2C(F)(F)F. The molecule has 0 aliphatic carbocycles. The Labute approximate surface area is 204 Å². The van der Waals surface area contributed by atoms with Crippen molar-refractivity contribution in [2.45, 2.75) is 24.7 Å². The largest absolute Gasteiger partial charge is 0.410 e. The normalized spacial score (nSPS) is 18.1. The van der Waals surface area contributed by atoms with Crippen molar-refractivity contribution in [1.82, 2.24) is 9.78 Å². The van der Waals surface area contributed by atoms with Gasteiger partial charge < -0.3 is 10.6 Å². The van der Waals surface area contributed by atoms with Crippen molar-refractivity contribution in [3.05, 3.63) is 73.3 Å². The molecule has 1 aliphatic heterocycles. The van der Waals surface area contributed by atoms with E-state index in [1.54, 1.807) is 24.3 Å². The average molecular weight is 569 g/mol. The molecule has 32 heavy (non-hydrogen) atoms. The zero-order chi connectivity index (χ0) is 23.2. The third kappa shape index (κ3) is 4.57. The topological polar surface area (TPSA) is 59.0 Å². The lowest BCUT2D eigenvalue weighted by molar-refractivity contribution is -0.173. The predicted molar refractivity (Wildman–Crippen MR) is 122 cm³/mol. The second-order valence-corrected chi connectivity index (χ2v) is 9.21. The number of fused-ring (bicyclic) bond motifs is 1. The molecule has 2 atom stereocenters. The van der Waals surface area contributed by atoms with Crippen LogP contribution in [0.4, 0.5) is 24.7 Å². The molecule has 2 heterocycles. The van der Waals surface area contributed by atoms with Gasteiger partial charge in [0, 0.05) is 15.9 Å². The number of carbonyl (C=O) groups excluding carboxylic acids is 1. The van der Waals surface area contributed by atoms with Crippen molar-refractivity contribution in [2.24, 2.45) is 0 Å². The molecule has 1 aliphatic rings. The molecule has 0 saturated heterocycles. The number of aromatic nitrogens is 2. The van der Waals surface area contributed by atoms with Crippen molar-refractivity contribution in [1.29, 1.82) is 0 Å². The Balaban J connectivity index is 1.70. The molecule has 1 amide bonds.